The van der Waals surface area contributed by atoms with Gasteiger partial charge in [0, 0.05) is 5.41 Å². The van der Waals surface area contributed by atoms with Crippen molar-refractivity contribution in [3.63, 3.8) is 0 Å². The SMILES string of the molecule is Cc1cc(Br)oc1C1(CCN)CC1. The molecule has 0 amide bonds. The number of aryl methyl sites for hydroxylation is 1. The number of nitrogens with two attached hydrogens (primary N) is 1. The topological polar surface area (TPSA) is 39.2 Å². The van der Waals surface area contributed by atoms with Crippen LogP contribution < -0.4 is 5.73 Å². The van der Waals surface area contributed by atoms with E-state index in [-0.39, 0.29) is 5.41 Å². The molecule has 72 valence electrons. The fourth-order valence-electron chi connectivity index (χ4n) is 1.99. The molecule has 0 atom stereocenters. The Bertz CT molecular complexity index is 315. The first-order valence-electron chi connectivity index (χ1n) is 4.64. The number of hydrogen-bond donors (Lipinski definition) is 1. The largest absolute Gasteiger partial charge is 0.453 e. The van der Waals surface area contributed by atoms with Crippen molar-refractivity contribution in [1.82, 2.24) is 0 Å². The van der Waals surface area contributed by atoms with E-state index in [4.69, 9.17) is 10.2 Å². The Morgan fingerprint density at radius 1 is 1.62 bits per heavy atom. The summed E-state index contributed by atoms with van der Waals surface area (Å²) in [7, 11) is 0. The molecule has 1 saturated carbocycles. The van der Waals surface area contributed by atoms with Crippen LogP contribution in [0.5, 0.6) is 0 Å². The van der Waals surface area contributed by atoms with Crippen molar-refractivity contribution in [3.8, 4) is 0 Å². The summed E-state index contributed by atoms with van der Waals surface area (Å²) in [5.41, 5.74) is 7.13. The molecule has 0 radical (unpaired) electrons. The van der Waals surface area contributed by atoms with Crippen molar-refractivity contribution in [2.45, 2.75) is 31.6 Å². The molecule has 0 saturated heterocycles. The summed E-state index contributed by atoms with van der Waals surface area (Å²) in [5, 5.41) is 0. The third kappa shape index (κ3) is 1.55. The predicted octanol–water partition coefficient (Wildman–Crippen LogP) is 2.73. The quantitative estimate of drug-likeness (QED) is 0.887. The minimum Gasteiger partial charge on any atom is -0.453 e. The van der Waals surface area contributed by atoms with Crippen LogP contribution in [0.15, 0.2) is 15.2 Å². The molecule has 1 aliphatic carbocycles. The Labute approximate surface area is 86.6 Å². The minimum atomic E-state index is 0.283. The number of halogens is 1. The van der Waals surface area contributed by atoms with Gasteiger partial charge in [0.1, 0.15) is 5.76 Å². The van der Waals surface area contributed by atoms with Crippen LogP contribution in [0.3, 0.4) is 0 Å². The molecule has 1 fully saturated rings. The molecule has 3 heteroatoms. The van der Waals surface area contributed by atoms with Gasteiger partial charge in [0.25, 0.3) is 0 Å². The zero-order valence-electron chi connectivity index (χ0n) is 7.77. The summed E-state index contributed by atoms with van der Waals surface area (Å²) in [6.07, 6.45) is 3.50. The minimum absolute atomic E-state index is 0.283. The van der Waals surface area contributed by atoms with Crippen molar-refractivity contribution in [2.75, 3.05) is 6.54 Å². The fourth-order valence-corrected chi connectivity index (χ4v) is 2.49. The van der Waals surface area contributed by atoms with Gasteiger partial charge >= 0.3 is 0 Å². The van der Waals surface area contributed by atoms with E-state index in [9.17, 15) is 0 Å². The van der Waals surface area contributed by atoms with Crippen LogP contribution in [-0.4, -0.2) is 6.54 Å². The summed E-state index contributed by atoms with van der Waals surface area (Å²) in [4.78, 5) is 0. The maximum atomic E-state index is 5.66. The van der Waals surface area contributed by atoms with Gasteiger partial charge in [-0.1, -0.05) is 0 Å². The van der Waals surface area contributed by atoms with Crippen LogP contribution >= 0.6 is 15.9 Å². The second kappa shape index (κ2) is 3.14. The lowest BCUT2D eigenvalue weighted by atomic mass is 9.97. The Kier molecular flexibility index (Phi) is 2.24. The molecule has 0 aliphatic heterocycles. The summed E-state index contributed by atoms with van der Waals surface area (Å²) in [5.74, 6) is 1.14. The molecule has 2 rings (SSSR count). The summed E-state index contributed by atoms with van der Waals surface area (Å²) < 4.78 is 6.49. The van der Waals surface area contributed by atoms with Crippen LogP contribution in [0.4, 0.5) is 0 Å². The van der Waals surface area contributed by atoms with Crippen molar-refractivity contribution in [2.24, 2.45) is 5.73 Å². The van der Waals surface area contributed by atoms with Gasteiger partial charge in [0.05, 0.1) is 0 Å². The second-order valence-corrected chi connectivity index (χ2v) is 4.66. The van der Waals surface area contributed by atoms with E-state index in [0.717, 1.165) is 23.4 Å². The van der Waals surface area contributed by atoms with Crippen LogP contribution in [0.1, 0.15) is 30.6 Å². The Morgan fingerprint density at radius 2 is 2.31 bits per heavy atom. The zero-order chi connectivity index (χ0) is 9.47. The maximum absolute atomic E-state index is 5.66. The highest BCUT2D eigenvalue weighted by atomic mass is 79.9. The monoisotopic (exact) mass is 243 g/mol. The van der Waals surface area contributed by atoms with E-state index >= 15 is 0 Å². The van der Waals surface area contributed by atoms with Gasteiger partial charge in [0.15, 0.2) is 4.67 Å². The Balaban J connectivity index is 2.29. The third-order valence-electron chi connectivity index (χ3n) is 2.85. The van der Waals surface area contributed by atoms with Gasteiger partial charge in [-0.2, -0.15) is 0 Å². The van der Waals surface area contributed by atoms with Crippen LogP contribution in [0, 0.1) is 6.92 Å². The van der Waals surface area contributed by atoms with Crippen molar-refractivity contribution < 1.29 is 4.42 Å². The molecule has 1 aliphatic rings. The molecular weight excluding hydrogens is 230 g/mol. The third-order valence-corrected chi connectivity index (χ3v) is 3.24. The van der Waals surface area contributed by atoms with Gasteiger partial charge in [-0.3, -0.25) is 0 Å². The van der Waals surface area contributed by atoms with Crippen molar-refractivity contribution >= 4 is 15.9 Å². The van der Waals surface area contributed by atoms with Gasteiger partial charge in [-0.05, 0) is 60.3 Å². The molecule has 1 aromatic rings. The zero-order valence-corrected chi connectivity index (χ0v) is 9.36. The molecule has 0 unspecified atom stereocenters. The van der Waals surface area contributed by atoms with E-state index in [1.54, 1.807) is 0 Å². The average molecular weight is 244 g/mol. The maximum Gasteiger partial charge on any atom is 0.169 e. The molecule has 13 heavy (non-hydrogen) atoms. The average Bonchev–Trinajstić information content (AvgIpc) is 2.74. The summed E-state index contributed by atoms with van der Waals surface area (Å²) in [6, 6.07) is 2.03. The van der Waals surface area contributed by atoms with Crippen LogP contribution in [0.25, 0.3) is 0 Å². The molecular formula is C10H14BrNO. The van der Waals surface area contributed by atoms with Crippen LogP contribution in [-0.2, 0) is 5.41 Å². The van der Waals surface area contributed by atoms with Crippen LogP contribution in [0.2, 0.25) is 0 Å². The van der Waals surface area contributed by atoms with Gasteiger partial charge in [-0.25, -0.2) is 0 Å². The fraction of sp³-hybridized carbons (Fsp3) is 0.600. The smallest absolute Gasteiger partial charge is 0.169 e. The molecule has 0 spiro atoms. The van der Waals surface area contributed by atoms with Gasteiger partial charge < -0.3 is 10.2 Å². The van der Waals surface area contributed by atoms with Crippen molar-refractivity contribution in [1.29, 1.82) is 0 Å². The van der Waals surface area contributed by atoms with E-state index < -0.39 is 0 Å². The molecule has 0 bridgehead atoms. The molecule has 0 aromatic carbocycles. The molecule has 1 aromatic heterocycles. The number of hydrogen-bond acceptors (Lipinski definition) is 2. The lowest BCUT2D eigenvalue weighted by Gasteiger charge is -2.11. The molecule has 2 nitrogen and oxygen atoms in total. The lowest BCUT2D eigenvalue weighted by Crippen LogP contribution is -2.13. The summed E-state index contributed by atoms with van der Waals surface area (Å²) in [6.45, 7) is 2.85. The first-order valence-corrected chi connectivity index (χ1v) is 5.44. The highest BCUT2D eigenvalue weighted by Gasteiger charge is 2.47. The first-order chi connectivity index (χ1) is 6.18. The molecule has 2 N–H and O–H groups in total. The predicted molar refractivity (Wildman–Crippen MR) is 55.7 cm³/mol. The number of rotatable bonds is 3. The van der Waals surface area contributed by atoms with E-state index in [0.29, 0.717) is 0 Å². The molecule has 1 heterocycles. The van der Waals surface area contributed by atoms with Crippen molar-refractivity contribution in [3.05, 3.63) is 22.1 Å². The normalized spacial score (nSPS) is 19.0. The highest BCUT2D eigenvalue weighted by molar-refractivity contribution is 9.10. The van der Waals surface area contributed by atoms with E-state index in [2.05, 4.69) is 22.9 Å². The highest BCUT2D eigenvalue weighted by Crippen LogP contribution is 2.52. The first kappa shape index (κ1) is 9.28. The van der Waals surface area contributed by atoms with E-state index in [1.165, 1.54) is 18.4 Å². The number of furan rings is 1. The Morgan fingerprint density at radius 3 is 2.69 bits per heavy atom. The second-order valence-electron chi connectivity index (χ2n) is 3.88. The standard InChI is InChI=1S/C10H14BrNO/c1-7-6-8(11)13-9(7)10(2-3-10)4-5-12/h6H,2-5,12H2,1H3. The summed E-state index contributed by atoms with van der Waals surface area (Å²) >= 11 is 3.36. The van der Waals surface area contributed by atoms with Gasteiger partial charge in [0.2, 0.25) is 0 Å². The van der Waals surface area contributed by atoms with Gasteiger partial charge in [-0.15, -0.1) is 0 Å². The van der Waals surface area contributed by atoms with E-state index in [1.807, 2.05) is 6.07 Å². The lowest BCUT2D eigenvalue weighted by molar-refractivity contribution is 0.420. The Hall–Kier alpha value is -0.280.